The van der Waals surface area contributed by atoms with E-state index >= 15 is 0 Å². The Morgan fingerprint density at radius 2 is 2.35 bits per heavy atom. The molecular formula is C15H16ClFN4O2. The van der Waals surface area contributed by atoms with Crippen LogP contribution in [0, 0.1) is 5.82 Å². The van der Waals surface area contributed by atoms with Crippen molar-refractivity contribution in [3.63, 3.8) is 0 Å². The first-order chi connectivity index (χ1) is 11.1. The number of hydrogen-bond acceptors (Lipinski definition) is 5. The normalized spacial score (nSPS) is 18.3. The molecule has 2 aromatic rings. The molecule has 0 saturated carbocycles. The van der Waals surface area contributed by atoms with Gasteiger partial charge < -0.3 is 4.74 Å². The third-order valence-corrected chi connectivity index (χ3v) is 4.30. The molecular weight excluding hydrogens is 323 g/mol. The number of ether oxygens (including phenoxy) is 1. The van der Waals surface area contributed by atoms with Gasteiger partial charge in [0.15, 0.2) is 5.69 Å². The Morgan fingerprint density at radius 3 is 3.13 bits per heavy atom. The fourth-order valence-electron chi connectivity index (χ4n) is 2.73. The van der Waals surface area contributed by atoms with E-state index in [-0.39, 0.29) is 17.6 Å². The predicted molar refractivity (Wildman–Crippen MR) is 81.7 cm³/mol. The molecule has 23 heavy (non-hydrogen) atoms. The summed E-state index contributed by atoms with van der Waals surface area (Å²) in [6.07, 6.45) is 2.46. The summed E-state index contributed by atoms with van der Waals surface area (Å²) in [5.74, 6) is -0.795. The number of carbonyl (C=O) groups is 1. The summed E-state index contributed by atoms with van der Waals surface area (Å²) in [6, 6.07) is 4.50. The van der Waals surface area contributed by atoms with Crippen LogP contribution in [0.2, 0.25) is 5.02 Å². The van der Waals surface area contributed by atoms with Gasteiger partial charge in [0.05, 0.1) is 19.3 Å². The van der Waals surface area contributed by atoms with Gasteiger partial charge >= 0.3 is 5.97 Å². The van der Waals surface area contributed by atoms with Crippen molar-refractivity contribution in [3.05, 3.63) is 46.5 Å². The number of benzene rings is 1. The first-order valence-electron chi connectivity index (χ1n) is 7.23. The second-order valence-corrected chi connectivity index (χ2v) is 5.90. The van der Waals surface area contributed by atoms with E-state index in [1.54, 1.807) is 16.9 Å². The third-order valence-electron chi connectivity index (χ3n) is 3.93. The first-order valence-corrected chi connectivity index (χ1v) is 7.61. The van der Waals surface area contributed by atoms with Crippen LogP contribution in [0.1, 0.15) is 28.5 Å². The minimum absolute atomic E-state index is 0.119. The van der Waals surface area contributed by atoms with E-state index in [1.807, 2.05) is 0 Å². The molecule has 2 heterocycles. The predicted octanol–water partition coefficient (Wildman–Crippen LogP) is 2.30. The smallest absolute Gasteiger partial charge is 0.360 e. The summed E-state index contributed by atoms with van der Waals surface area (Å²) in [5.41, 5.74) is 0.959. The molecule has 0 N–H and O–H groups in total. The number of esters is 1. The van der Waals surface area contributed by atoms with Gasteiger partial charge in [-0.15, -0.1) is 5.10 Å². The standard InChI is InChI=1S/C15H16ClFN4O2/c1-23-15(22)14-9-21(19-18-14)12-4-5-20(8-12)7-10-6-11(17)2-3-13(10)16/h2-3,6,9,12H,4-5,7-8H2,1H3/t12-/m1/s1. The van der Waals surface area contributed by atoms with Crippen LogP contribution in [0.15, 0.2) is 24.4 Å². The molecule has 0 bridgehead atoms. The minimum Gasteiger partial charge on any atom is -0.464 e. The molecule has 1 fully saturated rings. The van der Waals surface area contributed by atoms with Crippen molar-refractivity contribution < 1.29 is 13.9 Å². The number of methoxy groups -OCH3 is 1. The lowest BCUT2D eigenvalue weighted by atomic mass is 10.2. The Morgan fingerprint density at radius 1 is 1.52 bits per heavy atom. The summed E-state index contributed by atoms with van der Waals surface area (Å²) in [7, 11) is 1.31. The van der Waals surface area contributed by atoms with E-state index < -0.39 is 5.97 Å². The van der Waals surface area contributed by atoms with E-state index in [0.29, 0.717) is 11.6 Å². The van der Waals surface area contributed by atoms with Crippen LogP contribution in [0.4, 0.5) is 4.39 Å². The number of likely N-dealkylation sites (tertiary alicyclic amines) is 1. The van der Waals surface area contributed by atoms with Crippen LogP contribution in [0.5, 0.6) is 0 Å². The summed E-state index contributed by atoms with van der Waals surface area (Å²) in [4.78, 5) is 13.6. The zero-order valence-corrected chi connectivity index (χ0v) is 13.3. The lowest BCUT2D eigenvalue weighted by Crippen LogP contribution is -2.21. The zero-order valence-electron chi connectivity index (χ0n) is 12.6. The highest BCUT2D eigenvalue weighted by molar-refractivity contribution is 6.31. The number of halogens is 2. The van der Waals surface area contributed by atoms with Crippen molar-refractivity contribution >= 4 is 17.6 Å². The minimum atomic E-state index is -0.502. The van der Waals surface area contributed by atoms with Gasteiger partial charge in [-0.1, -0.05) is 16.8 Å². The average Bonchev–Trinajstić information content (AvgIpc) is 3.19. The fraction of sp³-hybridized carbons (Fsp3) is 0.400. The maximum absolute atomic E-state index is 13.3. The number of carbonyl (C=O) groups excluding carboxylic acids is 1. The zero-order chi connectivity index (χ0) is 16.4. The average molecular weight is 339 g/mol. The Labute approximate surface area is 137 Å². The molecule has 0 amide bonds. The molecule has 1 aromatic heterocycles. The Bertz CT molecular complexity index is 721. The molecule has 6 nitrogen and oxygen atoms in total. The molecule has 0 aliphatic carbocycles. The highest BCUT2D eigenvalue weighted by Crippen LogP contribution is 2.25. The van der Waals surface area contributed by atoms with E-state index in [4.69, 9.17) is 11.6 Å². The van der Waals surface area contributed by atoms with E-state index in [1.165, 1.54) is 19.2 Å². The fourth-order valence-corrected chi connectivity index (χ4v) is 2.91. The van der Waals surface area contributed by atoms with Gasteiger partial charge in [-0.3, -0.25) is 4.90 Å². The van der Waals surface area contributed by atoms with Crippen LogP contribution in [0.3, 0.4) is 0 Å². The molecule has 1 saturated heterocycles. The maximum Gasteiger partial charge on any atom is 0.360 e. The van der Waals surface area contributed by atoms with Crippen molar-refractivity contribution in [1.82, 2.24) is 19.9 Å². The van der Waals surface area contributed by atoms with Gasteiger partial charge in [-0.2, -0.15) is 0 Å². The molecule has 1 aromatic carbocycles. The van der Waals surface area contributed by atoms with E-state index in [0.717, 1.165) is 25.1 Å². The maximum atomic E-state index is 13.3. The molecule has 0 spiro atoms. The monoisotopic (exact) mass is 338 g/mol. The van der Waals surface area contributed by atoms with Crippen molar-refractivity contribution in [2.75, 3.05) is 20.2 Å². The second kappa shape index (κ2) is 6.64. The largest absolute Gasteiger partial charge is 0.464 e. The van der Waals surface area contributed by atoms with Crippen LogP contribution < -0.4 is 0 Å². The second-order valence-electron chi connectivity index (χ2n) is 5.49. The Balaban J connectivity index is 1.65. The van der Waals surface area contributed by atoms with Crippen LogP contribution in [-0.2, 0) is 11.3 Å². The summed E-state index contributed by atoms with van der Waals surface area (Å²) >= 11 is 6.11. The topological polar surface area (TPSA) is 60.2 Å². The molecule has 122 valence electrons. The van der Waals surface area contributed by atoms with Gasteiger partial charge in [0.25, 0.3) is 0 Å². The van der Waals surface area contributed by atoms with Crippen molar-refractivity contribution in [2.24, 2.45) is 0 Å². The molecule has 1 aliphatic heterocycles. The van der Waals surface area contributed by atoms with Crippen LogP contribution in [-0.4, -0.2) is 46.1 Å². The highest BCUT2D eigenvalue weighted by Gasteiger charge is 2.26. The number of rotatable bonds is 4. The molecule has 1 aliphatic rings. The van der Waals surface area contributed by atoms with Crippen LogP contribution >= 0.6 is 11.6 Å². The van der Waals surface area contributed by atoms with Crippen LogP contribution in [0.25, 0.3) is 0 Å². The van der Waals surface area contributed by atoms with Gasteiger partial charge in [-0.05, 0) is 30.2 Å². The highest BCUT2D eigenvalue weighted by atomic mass is 35.5. The van der Waals surface area contributed by atoms with Gasteiger partial charge in [0.1, 0.15) is 5.82 Å². The van der Waals surface area contributed by atoms with E-state index in [2.05, 4.69) is 19.9 Å². The number of nitrogens with zero attached hydrogens (tertiary/aromatic N) is 4. The van der Waals surface area contributed by atoms with Gasteiger partial charge in [-0.25, -0.2) is 13.9 Å². The summed E-state index contributed by atoms with van der Waals surface area (Å²) < 4.78 is 19.6. The quantitative estimate of drug-likeness (QED) is 0.801. The lowest BCUT2D eigenvalue weighted by Gasteiger charge is -2.17. The molecule has 1 atom stereocenters. The van der Waals surface area contributed by atoms with Crippen molar-refractivity contribution in [2.45, 2.75) is 19.0 Å². The Hall–Kier alpha value is -1.99. The first kappa shape index (κ1) is 15.9. The molecule has 3 rings (SSSR count). The summed E-state index contributed by atoms with van der Waals surface area (Å²) in [5, 5.41) is 8.37. The Kier molecular flexibility index (Phi) is 4.58. The summed E-state index contributed by atoms with van der Waals surface area (Å²) in [6.45, 7) is 2.15. The number of hydrogen-bond donors (Lipinski definition) is 0. The SMILES string of the molecule is COC(=O)c1cn([C@@H]2CCN(Cc3cc(F)ccc3Cl)C2)nn1. The molecule has 0 radical (unpaired) electrons. The van der Waals surface area contributed by atoms with E-state index in [9.17, 15) is 9.18 Å². The van der Waals surface area contributed by atoms with Gasteiger partial charge in [0, 0.05) is 24.7 Å². The van der Waals surface area contributed by atoms with Gasteiger partial charge in [0.2, 0.25) is 0 Å². The molecule has 0 unspecified atom stereocenters. The van der Waals surface area contributed by atoms with Crippen molar-refractivity contribution in [3.8, 4) is 0 Å². The number of aromatic nitrogens is 3. The lowest BCUT2D eigenvalue weighted by molar-refractivity contribution is 0.0594. The molecule has 8 heteroatoms. The third kappa shape index (κ3) is 3.51. The van der Waals surface area contributed by atoms with Crippen molar-refractivity contribution in [1.29, 1.82) is 0 Å².